The molecule has 4 nitrogen and oxygen atoms in total. The number of carbonyl (C=O) groups excluding carboxylic acids is 1. The zero-order valence-electron chi connectivity index (χ0n) is 15.0. The molecule has 0 saturated carbocycles. The van der Waals surface area contributed by atoms with Gasteiger partial charge in [0, 0.05) is 39.1 Å². The molecular weight excluding hydrogens is 521 g/mol. The zero-order chi connectivity index (χ0) is 18.8. The van der Waals surface area contributed by atoms with Crippen molar-refractivity contribution < 1.29 is 35.7 Å². The number of allylic oxidation sites excluding steroid dienone is 2. The van der Waals surface area contributed by atoms with Crippen molar-refractivity contribution in [3.05, 3.63) is 90.8 Å². The number of pyridine rings is 1. The molecule has 1 N–H and O–H groups in total. The van der Waals surface area contributed by atoms with E-state index in [9.17, 15) is 4.79 Å². The van der Waals surface area contributed by atoms with Gasteiger partial charge in [-0.25, -0.2) is 0 Å². The normalized spacial score (nSPS) is 10.1. The number of ether oxygens (including phenoxy) is 1. The maximum absolute atomic E-state index is 10.0. The van der Waals surface area contributed by atoms with Crippen molar-refractivity contribution in [3.63, 3.8) is 0 Å². The number of aliphatic hydroxyl groups is 1. The summed E-state index contributed by atoms with van der Waals surface area (Å²) < 4.78 is 5.72. The van der Waals surface area contributed by atoms with Crippen molar-refractivity contribution in [2.24, 2.45) is 0 Å². The van der Waals surface area contributed by atoms with Crippen LogP contribution in [0.1, 0.15) is 13.8 Å². The van der Waals surface area contributed by atoms with Crippen LogP contribution in [-0.4, -0.2) is 15.9 Å². The minimum atomic E-state index is -0.125. The summed E-state index contributed by atoms with van der Waals surface area (Å²) in [4.78, 5) is 14.3. The van der Waals surface area contributed by atoms with Gasteiger partial charge in [-0.3, -0.25) is 4.79 Å². The first kappa shape index (κ1) is 22.3. The fourth-order valence-corrected chi connectivity index (χ4v) is 2.07. The predicted molar refractivity (Wildman–Crippen MR) is 102 cm³/mol. The van der Waals surface area contributed by atoms with Gasteiger partial charge in [-0.1, -0.05) is 30.3 Å². The first-order valence-electron chi connectivity index (χ1n) is 8.08. The van der Waals surface area contributed by atoms with Gasteiger partial charge in [0.2, 0.25) is 0 Å². The van der Waals surface area contributed by atoms with Crippen LogP contribution in [0.15, 0.2) is 84.8 Å². The Morgan fingerprint density at radius 1 is 1.00 bits per heavy atom. The van der Waals surface area contributed by atoms with Gasteiger partial charge < -0.3 is 14.8 Å². The number of hydrogen-bond acceptors (Lipinski definition) is 4. The van der Waals surface area contributed by atoms with E-state index < -0.39 is 0 Å². The topological polar surface area (TPSA) is 59.4 Å². The quantitative estimate of drug-likeness (QED) is 0.274. The van der Waals surface area contributed by atoms with Crippen molar-refractivity contribution >= 4 is 5.78 Å². The zero-order valence-corrected chi connectivity index (χ0v) is 17.3. The third-order valence-corrected chi connectivity index (χ3v) is 3.12. The molecule has 3 rings (SSSR count). The SMILES string of the molecule is CC(=O)/C=C(/C)O.[Pt].[c-]1cc(Oc2ccccc2)ccc1-c1ccccn1. The summed E-state index contributed by atoms with van der Waals surface area (Å²) >= 11 is 0. The Bertz CT molecular complexity index is 844. The van der Waals surface area contributed by atoms with Gasteiger partial charge in [-0.2, -0.15) is 0 Å². The molecule has 0 atom stereocenters. The van der Waals surface area contributed by atoms with E-state index in [0.717, 1.165) is 22.8 Å². The summed E-state index contributed by atoms with van der Waals surface area (Å²) in [7, 11) is 0. The van der Waals surface area contributed by atoms with E-state index in [2.05, 4.69) is 11.1 Å². The van der Waals surface area contributed by atoms with Crippen LogP contribution >= 0.6 is 0 Å². The molecule has 27 heavy (non-hydrogen) atoms. The van der Waals surface area contributed by atoms with Crippen LogP contribution in [0.3, 0.4) is 0 Å². The van der Waals surface area contributed by atoms with Crippen molar-refractivity contribution in [1.29, 1.82) is 0 Å². The molecule has 0 amide bonds. The van der Waals surface area contributed by atoms with Crippen LogP contribution in [0.4, 0.5) is 0 Å². The largest absolute Gasteiger partial charge is 0.512 e. The first-order valence-corrected chi connectivity index (χ1v) is 8.08. The molecule has 0 bridgehead atoms. The summed E-state index contributed by atoms with van der Waals surface area (Å²) in [5, 5.41) is 8.36. The Balaban J connectivity index is 0.000000395. The second-order valence-corrected chi connectivity index (χ2v) is 5.46. The van der Waals surface area contributed by atoms with Gasteiger partial charge in [0.1, 0.15) is 5.75 Å². The average molecular weight is 541 g/mol. The maximum Gasteiger partial charge on any atom is 0.155 e. The van der Waals surface area contributed by atoms with Crippen LogP contribution in [0, 0.1) is 6.07 Å². The van der Waals surface area contributed by atoms with Crippen LogP contribution < -0.4 is 4.74 Å². The summed E-state index contributed by atoms with van der Waals surface area (Å²) in [5.41, 5.74) is 1.87. The molecule has 0 aliphatic rings. The van der Waals surface area contributed by atoms with E-state index in [1.54, 1.807) is 6.20 Å². The maximum atomic E-state index is 10.0. The van der Waals surface area contributed by atoms with Gasteiger partial charge in [0.15, 0.2) is 5.78 Å². The number of para-hydroxylation sites is 1. The molecule has 5 heteroatoms. The van der Waals surface area contributed by atoms with Gasteiger partial charge in [0.05, 0.1) is 5.76 Å². The van der Waals surface area contributed by atoms with Crippen molar-refractivity contribution in [3.8, 4) is 22.8 Å². The molecule has 0 aliphatic heterocycles. The second kappa shape index (κ2) is 11.8. The molecule has 0 saturated heterocycles. The van der Waals surface area contributed by atoms with Crippen molar-refractivity contribution in [2.75, 3.05) is 0 Å². The van der Waals surface area contributed by atoms with E-state index in [0.29, 0.717) is 0 Å². The molecule has 3 aromatic rings. The van der Waals surface area contributed by atoms with E-state index in [1.807, 2.05) is 66.7 Å². The fraction of sp³-hybridized carbons (Fsp3) is 0.0909. The van der Waals surface area contributed by atoms with Crippen LogP contribution in [0.2, 0.25) is 0 Å². The Kier molecular flexibility index (Phi) is 9.77. The third kappa shape index (κ3) is 8.48. The van der Waals surface area contributed by atoms with Crippen molar-refractivity contribution in [1.82, 2.24) is 4.98 Å². The van der Waals surface area contributed by atoms with Crippen LogP contribution in [0.25, 0.3) is 11.3 Å². The van der Waals surface area contributed by atoms with E-state index in [-0.39, 0.29) is 32.6 Å². The molecule has 0 spiro atoms. The number of nitrogens with zero attached hydrogens (tertiary/aromatic N) is 1. The molecular formula is C22H20NO3Pt-. The van der Waals surface area contributed by atoms with Gasteiger partial charge in [0.25, 0.3) is 0 Å². The minimum absolute atomic E-state index is 0. The number of carbonyl (C=O) groups is 1. The molecule has 1 heterocycles. The van der Waals surface area contributed by atoms with Gasteiger partial charge in [-0.15, -0.1) is 29.8 Å². The predicted octanol–water partition coefficient (Wildman–Crippen LogP) is 5.38. The second-order valence-electron chi connectivity index (χ2n) is 5.46. The summed E-state index contributed by atoms with van der Waals surface area (Å²) in [6, 6.07) is 24.4. The van der Waals surface area contributed by atoms with E-state index >= 15 is 0 Å². The smallest absolute Gasteiger partial charge is 0.155 e. The number of ketones is 1. The Morgan fingerprint density at radius 2 is 1.70 bits per heavy atom. The molecule has 0 fully saturated rings. The minimum Gasteiger partial charge on any atom is -0.512 e. The summed E-state index contributed by atoms with van der Waals surface area (Å²) in [5.74, 6) is 1.53. The van der Waals surface area contributed by atoms with Crippen LogP contribution in [-0.2, 0) is 25.9 Å². The number of benzene rings is 2. The number of rotatable bonds is 4. The fourth-order valence-electron chi connectivity index (χ4n) is 2.07. The molecule has 0 radical (unpaired) electrons. The molecule has 0 aliphatic carbocycles. The first-order chi connectivity index (χ1) is 12.5. The third-order valence-electron chi connectivity index (χ3n) is 3.12. The van der Waals surface area contributed by atoms with Crippen LogP contribution in [0.5, 0.6) is 11.5 Å². The van der Waals surface area contributed by atoms with Crippen molar-refractivity contribution in [2.45, 2.75) is 13.8 Å². The number of aromatic nitrogens is 1. The standard InChI is InChI=1S/C17H12NO.C5H8O2.Pt/c1-2-6-15(7-3-1)19-16-11-9-14(10-12-16)17-8-4-5-13-18-17;1-4(6)3-5(2)7;/h1-9,11-13H;3,6H,1-2H3;/q-1;;/b;4-3-;. The summed E-state index contributed by atoms with van der Waals surface area (Å²) in [6.07, 6.45) is 2.94. The Hall–Kier alpha value is -2.71. The molecule has 0 unspecified atom stereocenters. The Labute approximate surface area is 173 Å². The molecule has 2 aromatic carbocycles. The summed E-state index contributed by atoms with van der Waals surface area (Å²) in [6.45, 7) is 2.85. The van der Waals surface area contributed by atoms with E-state index in [1.165, 1.54) is 19.9 Å². The monoisotopic (exact) mass is 541 g/mol. The Morgan fingerprint density at radius 3 is 2.19 bits per heavy atom. The van der Waals surface area contributed by atoms with E-state index in [4.69, 9.17) is 9.84 Å². The number of aliphatic hydroxyl groups excluding tert-OH is 1. The van der Waals surface area contributed by atoms with Gasteiger partial charge in [-0.05, 0) is 37.7 Å². The average Bonchev–Trinajstić information content (AvgIpc) is 2.63. The molecule has 142 valence electrons. The number of hydrogen-bond donors (Lipinski definition) is 1. The molecule has 1 aromatic heterocycles. The van der Waals surface area contributed by atoms with Gasteiger partial charge >= 0.3 is 0 Å².